The average molecular weight is 487 g/mol. The normalized spacial score (nSPS) is 12.9. The summed E-state index contributed by atoms with van der Waals surface area (Å²) in [7, 11) is 0. The summed E-state index contributed by atoms with van der Waals surface area (Å²) < 4.78 is 11.0. The first-order valence-electron chi connectivity index (χ1n) is 11.6. The van der Waals surface area contributed by atoms with Crippen LogP contribution in [-0.4, -0.2) is 18.5 Å². The first kappa shape index (κ1) is 24.2. The van der Waals surface area contributed by atoms with Crippen LogP contribution < -0.4 is 10.1 Å². The van der Waals surface area contributed by atoms with Gasteiger partial charge in [-0.3, -0.25) is 4.79 Å². The molecule has 7 heteroatoms. The maximum Gasteiger partial charge on any atom is 0.341 e. The van der Waals surface area contributed by atoms with Gasteiger partial charge in [0.15, 0.2) is 0 Å². The van der Waals surface area contributed by atoms with Crippen LogP contribution in [0.2, 0.25) is 0 Å². The molecule has 1 heterocycles. The average Bonchev–Trinajstić information content (AvgIpc) is 3.25. The smallest absolute Gasteiger partial charge is 0.341 e. The van der Waals surface area contributed by atoms with Crippen molar-refractivity contribution in [2.45, 2.75) is 39.2 Å². The Morgan fingerprint density at radius 2 is 1.83 bits per heavy atom. The Bertz CT molecular complexity index is 1270. The summed E-state index contributed by atoms with van der Waals surface area (Å²) in [4.78, 5) is 26.7. The standard InChI is InChI=1S/C28H26N2O4S/c1-2-33-28(32)25-23-10-6-7-11-24(23)35-27(25)30-26(31)21(17-29)16-19-12-14-22(15-13-19)34-18-20-8-4-3-5-9-20/h3-5,8-9,12-16H,2,6-7,10-11,18H2,1H3,(H,30,31). The molecule has 1 aliphatic rings. The highest BCUT2D eigenvalue weighted by atomic mass is 32.1. The SMILES string of the molecule is CCOC(=O)c1c(NC(=O)C(C#N)=Cc2ccc(OCc3ccccc3)cc2)sc2c1CCCC2. The molecule has 0 radical (unpaired) electrons. The number of fused-ring (bicyclic) bond motifs is 1. The van der Waals surface area contributed by atoms with Gasteiger partial charge in [-0.25, -0.2) is 4.79 Å². The number of anilines is 1. The molecule has 0 saturated carbocycles. The molecule has 0 unspecified atom stereocenters. The summed E-state index contributed by atoms with van der Waals surface area (Å²) in [5, 5.41) is 12.9. The van der Waals surface area contributed by atoms with Crippen LogP contribution in [0.15, 0.2) is 60.2 Å². The highest BCUT2D eigenvalue weighted by Crippen LogP contribution is 2.38. The zero-order valence-corrected chi connectivity index (χ0v) is 20.3. The molecule has 35 heavy (non-hydrogen) atoms. The van der Waals surface area contributed by atoms with Crippen molar-refractivity contribution in [1.29, 1.82) is 5.26 Å². The highest BCUT2D eigenvalue weighted by molar-refractivity contribution is 7.17. The molecule has 6 nitrogen and oxygen atoms in total. The van der Waals surface area contributed by atoms with Crippen molar-refractivity contribution >= 4 is 34.3 Å². The topological polar surface area (TPSA) is 88.4 Å². The summed E-state index contributed by atoms with van der Waals surface area (Å²) >= 11 is 1.40. The highest BCUT2D eigenvalue weighted by Gasteiger charge is 2.27. The summed E-state index contributed by atoms with van der Waals surface area (Å²) in [6, 6.07) is 19.0. The number of nitrogens with zero attached hydrogens (tertiary/aromatic N) is 1. The van der Waals surface area contributed by atoms with Gasteiger partial charge < -0.3 is 14.8 Å². The van der Waals surface area contributed by atoms with E-state index in [-0.39, 0.29) is 12.2 Å². The largest absolute Gasteiger partial charge is 0.489 e. The van der Waals surface area contributed by atoms with Crippen LogP contribution in [0.1, 0.15) is 51.7 Å². The number of esters is 1. The van der Waals surface area contributed by atoms with Crippen LogP contribution in [0, 0.1) is 11.3 Å². The zero-order valence-electron chi connectivity index (χ0n) is 19.5. The lowest BCUT2D eigenvalue weighted by atomic mass is 9.95. The van der Waals surface area contributed by atoms with Gasteiger partial charge in [-0.15, -0.1) is 11.3 Å². The lowest BCUT2D eigenvalue weighted by molar-refractivity contribution is -0.112. The molecule has 1 N–H and O–H groups in total. The Hall–Kier alpha value is -3.89. The van der Waals surface area contributed by atoms with Gasteiger partial charge in [0.1, 0.15) is 29.0 Å². The number of thiophene rings is 1. The summed E-state index contributed by atoms with van der Waals surface area (Å²) in [5.74, 6) is -0.297. The number of nitrogens with one attached hydrogen (secondary N) is 1. The second-order valence-electron chi connectivity index (χ2n) is 8.10. The zero-order chi connectivity index (χ0) is 24.6. The number of benzene rings is 2. The van der Waals surface area contributed by atoms with Crippen molar-refractivity contribution in [3.8, 4) is 11.8 Å². The van der Waals surface area contributed by atoms with Gasteiger partial charge in [0.05, 0.1) is 12.2 Å². The van der Waals surface area contributed by atoms with E-state index in [1.165, 1.54) is 17.4 Å². The van der Waals surface area contributed by atoms with Crippen LogP contribution in [0.4, 0.5) is 5.00 Å². The van der Waals surface area contributed by atoms with Crippen LogP contribution >= 0.6 is 11.3 Å². The van der Waals surface area contributed by atoms with E-state index in [4.69, 9.17) is 9.47 Å². The molecule has 4 rings (SSSR count). The molecule has 1 aromatic heterocycles. The Labute approximate surface area is 208 Å². The van der Waals surface area contributed by atoms with Crippen LogP contribution in [0.25, 0.3) is 6.08 Å². The van der Waals surface area contributed by atoms with Gasteiger partial charge in [0.25, 0.3) is 5.91 Å². The summed E-state index contributed by atoms with van der Waals surface area (Å²) in [5.41, 5.74) is 3.10. The molecule has 1 amide bonds. The van der Waals surface area contributed by atoms with E-state index in [1.807, 2.05) is 36.4 Å². The second-order valence-corrected chi connectivity index (χ2v) is 9.21. The number of amides is 1. The van der Waals surface area contributed by atoms with E-state index < -0.39 is 11.9 Å². The number of ether oxygens (including phenoxy) is 2. The van der Waals surface area contributed by atoms with Gasteiger partial charge in [0, 0.05) is 4.88 Å². The molecule has 0 bridgehead atoms. The maximum absolute atomic E-state index is 12.9. The fourth-order valence-corrected chi connectivity index (χ4v) is 5.23. The minimum absolute atomic E-state index is 0.0517. The molecular formula is C28H26N2O4S. The first-order chi connectivity index (χ1) is 17.1. The Morgan fingerprint density at radius 1 is 1.09 bits per heavy atom. The maximum atomic E-state index is 12.9. The van der Waals surface area contributed by atoms with E-state index in [0.717, 1.165) is 41.7 Å². The first-order valence-corrected chi connectivity index (χ1v) is 12.4. The van der Waals surface area contributed by atoms with Crippen molar-refractivity contribution in [3.63, 3.8) is 0 Å². The minimum Gasteiger partial charge on any atom is -0.489 e. The number of nitriles is 1. The van der Waals surface area contributed by atoms with E-state index >= 15 is 0 Å². The molecule has 0 atom stereocenters. The lowest BCUT2D eigenvalue weighted by Gasteiger charge is -2.12. The Kier molecular flexibility index (Phi) is 7.96. The number of hydrogen-bond donors (Lipinski definition) is 1. The van der Waals surface area contributed by atoms with Crippen LogP contribution in [0.3, 0.4) is 0 Å². The number of hydrogen-bond acceptors (Lipinski definition) is 6. The fourth-order valence-electron chi connectivity index (χ4n) is 3.96. The molecule has 2 aromatic carbocycles. The number of aryl methyl sites for hydroxylation is 1. The lowest BCUT2D eigenvalue weighted by Crippen LogP contribution is -2.16. The third-order valence-electron chi connectivity index (χ3n) is 5.68. The van der Waals surface area contributed by atoms with Gasteiger partial charge in [0.2, 0.25) is 0 Å². The Morgan fingerprint density at radius 3 is 2.54 bits per heavy atom. The molecule has 178 valence electrons. The van der Waals surface area contributed by atoms with E-state index in [1.54, 1.807) is 31.2 Å². The molecule has 0 fully saturated rings. The molecule has 0 spiro atoms. The van der Waals surface area contributed by atoms with Gasteiger partial charge in [-0.2, -0.15) is 5.26 Å². The van der Waals surface area contributed by atoms with Crippen LogP contribution in [0.5, 0.6) is 5.75 Å². The van der Waals surface area contributed by atoms with Gasteiger partial charge in [-0.1, -0.05) is 42.5 Å². The molecule has 1 aliphatic carbocycles. The van der Waals surface area contributed by atoms with Crippen LogP contribution in [-0.2, 0) is 29.0 Å². The van der Waals surface area contributed by atoms with Crippen molar-refractivity contribution in [1.82, 2.24) is 0 Å². The molecular weight excluding hydrogens is 460 g/mol. The molecule has 3 aromatic rings. The van der Waals surface area contributed by atoms with E-state index in [0.29, 0.717) is 28.5 Å². The van der Waals surface area contributed by atoms with Gasteiger partial charge >= 0.3 is 5.97 Å². The minimum atomic E-state index is -0.555. The second kappa shape index (κ2) is 11.5. The monoisotopic (exact) mass is 486 g/mol. The predicted molar refractivity (Wildman–Crippen MR) is 136 cm³/mol. The Balaban J connectivity index is 1.48. The van der Waals surface area contributed by atoms with Crippen molar-refractivity contribution in [2.75, 3.05) is 11.9 Å². The summed E-state index contributed by atoms with van der Waals surface area (Å²) in [6.45, 7) is 2.46. The quantitative estimate of drug-likeness (QED) is 0.242. The fraction of sp³-hybridized carbons (Fsp3) is 0.250. The predicted octanol–water partition coefficient (Wildman–Crippen LogP) is 5.93. The third kappa shape index (κ3) is 5.97. The number of rotatable bonds is 8. The molecule has 0 aliphatic heterocycles. The van der Waals surface area contributed by atoms with E-state index in [2.05, 4.69) is 5.32 Å². The van der Waals surface area contributed by atoms with Gasteiger partial charge in [-0.05, 0) is 67.5 Å². The number of carbonyl (C=O) groups excluding carboxylic acids is 2. The van der Waals surface area contributed by atoms with Crippen molar-refractivity contribution < 1.29 is 19.1 Å². The third-order valence-corrected chi connectivity index (χ3v) is 6.89. The molecule has 0 saturated heterocycles. The van der Waals surface area contributed by atoms with E-state index in [9.17, 15) is 14.9 Å². The number of carbonyl (C=O) groups is 2. The summed E-state index contributed by atoms with van der Waals surface area (Å²) in [6.07, 6.45) is 5.24. The van der Waals surface area contributed by atoms with Crippen molar-refractivity contribution in [2.24, 2.45) is 0 Å². The van der Waals surface area contributed by atoms with Crippen molar-refractivity contribution in [3.05, 3.63) is 87.3 Å².